The van der Waals surface area contributed by atoms with E-state index in [0.717, 1.165) is 39.1 Å². The fourth-order valence-electron chi connectivity index (χ4n) is 3.59. The molecule has 0 heterocycles. The molecular formula is C17H36N2O2. The second kappa shape index (κ2) is 9.78. The number of hydrogen-bond acceptors (Lipinski definition) is 4. The van der Waals surface area contributed by atoms with Crippen molar-refractivity contribution in [2.45, 2.75) is 64.5 Å². The molecule has 0 radical (unpaired) electrons. The van der Waals surface area contributed by atoms with E-state index in [1.165, 1.54) is 19.3 Å². The molecule has 2 atom stereocenters. The third kappa shape index (κ3) is 5.51. The summed E-state index contributed by atoms with van der Waals surface area (Å²) in [5, 5.41) is 13.6. The van der Waals surface area contributed by atoms with Crippen LogP contribution in [0.5, 0.6) is 0 Å². The molecule has 0 spiro atoms. The van der Waals surface area contributed by atoms with Crippen molar-refractivity contribution < 1.29 is 9.84 Å². The lowest BCUT2D eigenvalue weighted by atomic mass is 9.85. The van der Waals surface area contributed by atoms with E-state index in [0.29, 0.717) is 12.0 Å². The van der Waals surface area contributed by atoms with Crippen LogP contribution in [0.3, 0.4) is 0 Å². The average molecular weight is 300 g/mol. The maximum absolute atomic E-state index is 9.93. The SMILES string of the molecule is CCCNC1(CO)CCCC1CCN(CCOC)C(C)C. The van der Waals surface area contributed by atoms with Crippen LogP contribution in [0.4, 0.5) is 0 Å². The number of methoxy groups -OCH3 is 1. The van der Waals surface area contributed by atoms with Gasteiger partial charge in [0.15, 0.2) is 0 Å². The van der Waals surface area contributed by atoms with Crippen LogP contribution >= 0.6 is 0 Å². The molecule has 4 nitrogen and oxygen atoms in total. The normalized spacial score (nSPS) is 26.1. The Bertz CT molecular complexity index is 274. The molecule has 0 amide bonds. The van der Waals surface area contributed by atoms with Crippen LogP contribution in [0.2, 0.25) is 0 Å². The number of rotatable bonds is 11. The van der Waals surface area contributed by atoms with Crippen LogP contribution in [0.25, 0.3) is 0 Å². The number of nitrogens with zero attached hydrogens (tertiary/aromatic N) is 1. The van der Waals surface area contributed by atoms with Gasteiger partial charge in [-0.3, -0.25) is 4.90 Å². The minimum absolute atomic E-state index is 0.0279. The fraction of sp³-hybridized carbons (Fsp3) is 1.00. The van der Waals surface area contributed by atoms with Crippen LogP contribution in [0, 0.1) is 5.92 Å². The molecule has 1 fully saturated rings. The van der Waals surface area contributed by atoms with Crippen molar-refractivity contribution in [3.63, 3.8) is 0 Å². The monoisotopic (exact) mass is 300 g/mol. The first kappa shape index (κ1) is 18.9. The molecule has 0 saturated heterocycles. The Morgan fingerprint density at radius 1 is 1.38 bits per heavy atom. The van der Waals surface area contributed by atoms with E-state index in [1.54, 1.807) is 7.11 Å². The second-order valence-corrected chi connectivity index (χ2v) is 6.74. The summed E-state index contributed by atoms with van der Waals surface area (Å²) in [5.74, 6) is 0.595. The molecule has 0 aromatic heterocycles. The van der Waals surface area contributed by atoms with Crippen molar-refractivity contribution in [3.8, 4) is 0 Å². The molecule has 0 aliphatic heterocycles. The summed E-state index contributed by atoms with van der Waals surface area (Å²) in [7, 11) is 1.76. The molecule has 1 aliphatic rings. The number of nitrogens with one attached hydrogen (secondary N) is 1. The Kier molecular flexibility index (Phi) is 8.79. The van der Waals surface area contributed by atoms with E-state index < -0.39 is 0 Å². The van der Waals surface area contributed by atoms with Gasteiger partial charge in [-0.2, -0.15) is 0 Å². The molecular weight excluding hydrogens is 264 g/mol. The van der Waals surface area contributed by atoms with Gasteiger partial charge in [-0.25, -0.2) is 0 Å². The highest BCUT2D eigenvalue weighted by molar-refractivity contribution is 4.99. The van der Waals surface area contributed by atoms with E-state index in [-0.39, 0.29) is 12.1 Å². The summed E-state index contributed by atoms with van der Waals surface area (Å²) in [4.78, 5) is 2.49. The van der Waals surface area contributed by atoms with Gasteiger partial charge in [0.05, 0.1) is 13.2 Å². The minimum Gasteiger partial charge on any atom is -0.394 e. The van der Waals surface area contributed by atoms with Gasteiger partial charge in [0.1, 0.15) is 0 Å². The lowest BCUT2D eigenvalue weighted by molar-refractivity contribution is 0.0946. The number of ether oxygens (including phenoxy) is 1. The standard InChI is InChI=1S/C17H36N2O2/c1-5-10-18-17(14-20)9-6-7-16(17)8-11-19(15(2)3)12-13-21-4/h15-16,18,20H,5-14H2,1-4H3. The predicted octanol–water partition coefficient (Wildman–Crippen LogP) is 2.26. The average Bonchev–Trinajstić information content (AvgIpc) is 2.88. The Morgan fingerprint density at radius 2 is 2.14 bits per heavy atom. The van der Waals surface area contributed by atoms with Crippen molar-refractivity contribution in [2.24, 2.45) is 5.92 Å². The van der Waals surface area contributed by atoms with Crippen molar-refractivity contribution in [2.75, 3.05) is 40.0 Å². The molecule has 1 aliphatic carbocycles. The smallest absolute Gasteiger partial charge is 0.0616 e. The minimum atomic E-state index is -0.0279. The molecule has 1 saturated carbocycles. The van der Waals surface area contributed by atoms with E-state index in [4.69, 9.17) is 4.74 Å². The lowest BCUT2D eigenvalue weighted by Gasteiger charge is -2.37. The van der Waals surface area contributed by atoms with Gasteiger partial charge >= 0.3 is 0 Å². The highest BCUT2D eigenvalue weighted by Gasteiger charge is 2.41. The van der Waals surface area contributed by atoms with Crippen LogP contribution in [-0.4, -0.2) is 61.5 Å². The number of aliphatic hydroxyl groups is 1. The van der Waals surface area contributed by atoms with E-state index in [2.05, 4.69) is 31.0 Å². The first-order valence-electron chi connectivity index (χ1n) is 8.68. The Balaban J connectivity index is 2.53. The van der Waals surface area contributed by atoms with Gasteiger partial charge in [0.2, 0.25) is 0 Å². The lowest BCUT2D eigenvalue weighted by Crippen LogP contribution is -2.52. The Hall–Kier alpha value is -0.160. The number of hydrogen-bond donors (Lipinski definition) is 2. The first-order chi connectivity index (χ1) is 10.1. The molecule has 1 rings (SSSR count). The van der Waals surface area contributed by atoms with Gasteiger partial charge in [0.25, 0.3) is 0 Å². The van der Waals surface area contributed by atoms with Crippen LogP contribution in [0.1, 0.15) is 52.9 Å². The van der Waals surface area contributed by atoms with Crippen molar-refractivity contribution in [3.05, 3.63) is 0 Å². The maximum Gasteiger partial charge on any atom is 0.0616 e. The molecule has 2 unspecified atom stereocenters. The van der Waals surface area contributed by atoms with Crippen molar-refractivity contribution in [1.29, 1.82) is 0 Å². The van der Waals surface area contributed by atoms with Gasteiger partial charge in [-0.15, -0.1) is 0 Å². The molecule has 4 heteroatoms. The third-order valence-corrected chi connectivity index (χ3v) is 5.04. The Morgan fingerprint density at radius 3 is 2.71 bits per heavy atom. The highest BCUT2D eigenvalue weighted by Crippen LogP contribution is 2.37. The summed E-state index contributed by atoms with van der Waals surface area (Å²) >= 11 is 0. The van der Waals surface area contributed by atoms with E-state index >= 15 is 0 Å². The van der Waals surface area contributed by atoms with Gasteiger partial charge in [-0.1, -0.05) is 13.3 Å². The molecule has 0 bridgehead atoms. The Labute approximate surface area is 131 Å². The van der Waals surface area contributed by atoms with E-state index in [1.807, 2.05) is 0 Å². The largest absolute Gasteiger partial charge is 0.394 e. The fourth-order valence-corrected chi connectivity index (χ4v) is 3.59. The third-order valence-electron chi connectivity index (χ3n) is 5.04. The number of aliphatic hydroxyl groups excluding tert-OH is 1. The summed E-state index contributed by atoms with van der Waals surface area (Å²) in [6, 6.07) is 0.550. The summed E-state index contributed by atoms with van der Waals surface area (Å²) < 4.78 is 5.22. The molecule has 126 valence electrons. The molecule has 21 heavy (non-hydrogen) atoms. The van der Waals surface area contributed by atoms with Crippen LogP contribution in [-0.2, 0) is 4.74 Å². The predicted molar refractivity (Wildman–Crippen MR) is 88.7 cm³/mol. The molecule has 0 aromatic carbocycles. The van der Waals surface area contributed by atoms with Gasteiger partial charge < -0.3 is 15.2 Å². The molecule has 2 N–H and O–H groups in total. The zero-order valence-electron chi connectivity index (χ0n) is 14.5. The zero-order chi connectivity index (χ0) is 15.7. The summed E-state index contributed by atoms with van der Waals surface area (Å²) in [6.07, 6.45) is 5.89. The maximum atomic E-state index is 9.93. The van der Waals surface area contributed by atoms with E-state index in [9.17, 15) is 5.11 Å². The second-order valence-electron chi connectivity index (χ2n) is 6.74. The summed E-state index contributed by atoms with van der Waals surface area (Å²) in [5.41, 5.74) is -0.0279. The van der Waals surface area contributed by atoms with Gasteiger partial charge in [-0.05, 0) is 58.5 Å². The summed E-state index contributed by atoms with van der Waals surface area (Å²) in [6.45, 7) is 10.9. The van der Waals surface area contributed by atoms with Crippen LogP contribution in [0.15, 0.2) is 0 Å². The molecule has 0 aromatic rings. The van der Waals surface area contributed by atoms with Gasteiger partial charge in [0, 0.05) is 25.2 Å². The highest BCUT2D eigenvalue weighted by atomic mass is 16.5. The first-order valence-corrected chi connectivity index (χ1v) is 8.68. The zero-order valence-corrected chi connectivity index (χ0v) is 14.5. The van der Waals surface area contributed by atoms with Crippen molar-refractivity contribution in [1.82, 2.24) is 10.2 Å². The topological polar surface area (TPSA) is 44.7 Å². The van der Waals surface area contributed by atoms with Crippen molar-refractivity contribution >= 4 is 0 Å². The van der Waals surface area contributed by atoms with Crippen LogP contribution < -0.4 is 5.32 Å². The quantitative estimate of drug-likeness (QED) is 0.614.